The van der Waals surface area contributed by atoms with Crippen molar-refractivity contribution in [2.45, 2.75) is 45.1 Å². The van der Waals surface area contributed by atoms with Crippen LogP contribution in [0.25, 0.3) is 11.1 Å². The minimum atomic E-state index is -0.891. The first-order valence-corrected chi connectivity index (χ1v) is 12.0. The van der Waals surface area contributed by atoms with Crippen LogP contribution in [0, 0.1) is 17.8 Å². The first kappa shape index (κ1) is 23.8. The summed E-state index contributed by atoms with van der Waals surface area (Å²) in [6.45, 7) is 4.31. The number of carboxylic acid groups (broad SMARTS) is 1. The zero-order chi connectivity index (χ0) is 24.2. The van der Waals surface area contributed by atoms with Crippen molar-refractivity contribution in [3.05, 3.63) is 59.7 Å². The molecule has 4 rings (SSSR count). The summed E-state index contributed by atoms with van der Waals surface area (Å²) < 4.78 is 5.57. The molecule has 3 N–H and O–H groups in total. The number of ether oxygens (including phenoxy) is 1. The third-order valence-electron chi connectivity index (χ3n) is 6.80. The van der Waals surface area contributed by atoms with E-state index in [4.69, 9.17) is 4.74 Å². The Morgan fingerprint density at radius 2 is 1.59 bits per heavy atom. The molecule has 0 aromatic heterocycles. The zero-order valence-corrected chi connectivity index (χ0v) is 19.6. The average molecular weight is 465 g/mol. The second kappa shape index (κ2) is 10.3. The van der Waals surface area contributed by atoms with Gasteiger partial charge in [0, 0.05) is 24.4 Å². The van der Waals surface area contributed by atoms with E-state index in [1.807, 2.05) is 38.1 Å². The maximum Gasteiger partial charge on any atom is 0.407 e. The third kappa shape index (κ3) is 5.24. The molecule has 180 valence electrons. The fourth-order valence-corrected chi connectivity index (χ4v) is 4.97. The number of benzene rings is 2. The van der Waals surface area contributed by atoms with Gasteiger partial charge in [0.15, 0.2) is 0 Å². The van der Waals surface area contributed by atoms with Crippen LogP contribution in [0.1, 0.15) is 50.2 Å². The molecule has 2 amide bonds. The molecule has 2 aliphatic rings. The van der Waals surface area contributed by atoms with E-state index >= 15 is 0 Å². The molecule has 1 fully saturated rings. The first-order valence-electron chi connectivity index (χ1n) is 12.0. The van der Waals surface area contributed by atoms with Gasteiger partial charge in [-0.1, -0.05) is 62.4 Å². The molecule has 0 radical (unpaired) electrons. The lowest BCUT2D eigenvalue weighted by atomic mass is 9.79. The zero-order valence-electron chi connectivity index (χ0n) is 19.6. The number of fused-ring (bicyclic) bond motifs is 3. The summed E-state index contributed by atoms with van der Waals surface area (Å²) in [6, 6.07) is 16.3. The number of hydrogen-bond donors (Lipinski definition) is 3. The van der Waals surface area contributed by atoms with E-state index < -0.39 is 18.0 Å². The SMILES string of the molecule is CC(C)CC(CNC(=O)C1CC(NC(=O)OCC2c3ccccc3-c3ccccc32)C1)C(=O)O. The van der Waals surface area contributed by atoms with E-state index in [1.54, 1.807) is 0 Å². The van der Waals surface area contributed by atoms with Crippen molar-refractivity contribution in [3.8, 4) is 11.1 Å². The lowest BCUT2D eigenvalue weighted by Gasteiger charge is -2.34. The van der Waals surface area contributed by atoms with E-state index in [0.29, 0.717) is 19.3 Å². The van der Waals surface area contributed by atoms with Crippen molar-refractivity contribution in [2.24, 2.45) is 17.8 Å². The Morgan fingerprint density at radius 3 is 2.15 bits per heavy atom. The van der Waals surface area contributed by atoms with E-state index in [0.717, 1.165) is 11.1 Å². The van der Waals surface area contributed by atoms with Crippen molar-refractivity contribution >= 4 is 18.0 Å². The molecule has 1 saturated carbocycles. The van der Waals surface area contributed by atoms with Crippen molar-refractivity contribution in [1.82, 2.24) is 10.6 Å². The summed E-state index contributed by atoms with van der Waals surface area (Å²) in [4.78, 5) is 36.1. The number of alkyl carbamates (subject to hydrolysis) is 1. The number of amides is 2. The average Bonchev–Trinajstić information content (AvgIpc) is 3.10. The molecule has 34 heavy (non-hydrogen) atoms. The van der Waals surface area contributed by atoms with E-state index in [9.17, 15) is 19.5 Å². The Bertz CT molecular complexity index is 1010. The molecule has 7 nitrogen and oxygen atoms in total. The molecule has 0 saturated heterocycles. The number of carboxylic acids is 1. The fraction of sp³-hybridized carbons (Fsp3) is 0.444. The van der Waals surface area contributed by atoms with Crippen LogP contribution in [-0.4, -0.2) is 42.3 Å². The van der Waals surface area contributed by atoms with Crippen LogP contribution in [0.2, 0.25) is 0 Å². The van der Waals surface area contributed by atoms with Gasteiger partial charge in [-0.15, -0.1) is 0 Å². The highest BCUT2D eigenvalue weighted by atomic mass is 16.5. The predicted octanol–water partition coefficient (Wildman–Crippen LogP) is 4.17. The van der Waals surface area contributed by atoms with Gasteiger partial charge in [-0.25, -0.2) is 4.79 Å². The van der Waals surface area contributed by atoms with E-state index in [2.05, 4.69) is 34.9 Å². The first-order chi connectivity index (χ1) is 16.3. The summed E-state index contributed by atoms with van der Waals surface area (Å²) in [5.41, 5.74) is 4.68. The lowest BCUT2D eigenvalue weighted by molar-refractivity contribution is -0.142. The number of aliphatic carboxylic acids is 1. The minimum absolute atomic E-state index is 0.00564. The maximum absolute atomic E-state index is 12.4. The summed E-state index contributed by atoms with van der Waals surface area (Å²) in [5.74, 6) is -1.59. The van der Waals surface area contributed by atoms with Gasteiger partial charge in [-0.05, 0) is 47.4 Å². The monoisotopic (exact) mass is 464 g/mol. The molecule has 2 aromatic rings. The van der Waals surface area contributed by atoms with Gasteiger partial charge in [0.05, 0.1) is 5.92 Å². The fourth-order valence-electron chi connectivity index (χ4n) is 4.97. The molecule has 0 heterocycles. The normalized spacial score (nSPS) is 19.5. The maximum atomic E-state index is 12.4. The topological polar surface area (TPSA) is 105 Å². The Hall–Kier alpha value is -3.35. The summed E-state index contributed by atoms with van der Waals surface area (Å²) in [5, 5.41) is 14.9. The Morgan fingerprint density at radius 1 is 1.00 bits per heavy atom. The Labute approximate surface area is 199 Å². The van der Waals surface area contributed by atoms with Gasteiger partial charge in [0.2, 0.25) is 5.91 Å². The minimum Gasteiger partial charge on any atom is -0.481 e. The highest BCUT2D eigenvalue weighted by Gasteiger charge is 2.36. The van der Waals surface area contributed by atoms with E-state index in [-0.39, 0.29) is 42.9 Å². The molecular formula is C27H32N2O5. The van der Waals surface area contributed by atoms with Gasteiger partial charge < -0.3 is 20.5 Å². The Balaban J connectivity index is 1.22. The Kier molecular flexibility index (Phi) is 7.20. The second-order valence-electron chi connectivity index (χ2n) is 9.74. The van der Waals surface area contributed by atoms with Gasteiger partial charge in [-0.3, -0.25) is 9.59 Å². The molecule has 1 atom stereocenters. The molecule has 0 aliphatic heterocycles. The smallest absolute Gasteiger partial charge is 0.407 e. The quantitative estimate of drug-likeness (QED) is 0.517. The number of nitrogens with one attached hydrogen (secondary N) is 2. The number of carbonyl (C=O) groups excluding carboxylic acids is 2. The van der Waals surface area contributed by atoms with Crippen molar-refractivity contribution in [2.75, 3.05) is 13.2 Å². The van der Waals surface area contributed by atoms with Gasteiger partial charge in [0.1, 0.15) is 6.61 Å². The van der Waals surface area contributed by atoms with Crippen LogP contribution in [0.3, 0.4) is 0 Å². The standard InChI is InChI=1S/C27H32N2O5/c1-16(2)11-18(26(31)32)14-28-25(30)17-12-19(13-17)29-27(33)34-15-24-22-9-5-3-7-20(22)21-8-4-6-10-23(21)24/h3-10,16-19,24H,11-15H2,1-2H3,(H,28,30)(H,29,33)(H,31,32). The molecular weight excluding hydrogens is 432 g/mol. The molecule has 1 unspecified atom stereocenters. The van der Waals surface area contributed by atoms with Gasteiger partial charge in [0.25, 0.3) is 0 Å². The third-order valence-corrected chi connectivity index (χ3v) is 6.80. The van der Waals surface area contributed by atoms with Crippen LogP contribution in [0.15, 0.2) is 48.5 Å². The molecule has 2 aromatic carbocycles. The molecule has 7 heteroatoms. The number of hydrogen-bond acceptors (Lipinski definition) is 4. The van der Waals surface area contributed by atoms with Crippen LogP contribution in [-0.2, 0) is 14.3 Å². The van der Waals surface area contributed by atoms with Crippen LogP contribution < -0.4 is 10.6 Å². The van der Waals surface area contributed by atoms with E-state index in [1.165, 1.54) is 11.1 Å². The van der Waals surface area contributed by atoms with Crippen LogP contribution >= 0.6 is 0 Å². The second-order valence-corrected chi connectivity index (χ2v) is 9.74. The van der Waals surface area contributed by atoms with Crippen molar-refractivity contribution in [1.29, 1.82) is 0 Å². The van der Waals surface area contributed by atoms with Crippen LogP contribution in [0.4, 0.5) is 4.79 Å². The molecule has 0 spiro atoms. The summed E-state index contributed by atoms with van der Waals surface area (Å²) in [6.07, 6.45) is 1.09. The summed E-state index contributed by atoms with van der Waals surface area (Å²) >= 11 is 0. The molecule has 2 aliphatic carbocycles. The molecule has 0 bridgehead atoms. The highest BCUT2D eigenvalue weighted by molar-refractivity contribution is 5.81. The largest absolute Gasteiger partial charge is 0.481 e. The number of carbonyl (C=O) groups is 3. The predicted molar refractivity (Wildman–Crippen MR) is 128 cm³/mol. The van der Waals surface area contributed by atoms with Gasteiger partial charge >= 0.3 is 12.1 Å². The lowest BCUT2D eigenvalue weighted by Crippen LogP contribution is -2.50. The van der Waals surface area contributed by atoms with Gasteiger partial charge in [-0.2, -0.15) is 0 Å². The van der Waals surface area contributed by atoms with Crippen LogP contribution in [0.5, 0.6) is 0 Å². The highest BCUT2D eigenvalue weighted by Crippen LogP contribution is 2.44. The van der Waals surface area contributed by atoms with Crippen molar-refractivity contribution in [3.63, 3.8) is 0 Å². The van der Waals surface area contributed by atoms with Crippen molar-refractivity contribution < 1.29 is 24.2 Å². The number of rotatable bonds is 9. The summed E-state index contributed by atoms with van der Waals surface area (Å²) in [7, 11) is 0.